The lowest BCUT2D eigenvalue weighted by Crippen LogP contribution is -2.62. The molecule has 0 spiro atoms. The monoisotopic (exact) mass is 298 g/mol. The molecule has 1 aromatic carbocycles. The van der Waals surface area contributed by atoms with Crippen LogP contribution in [-0.4, -0.2) is 24.6 Å². The summed E-state index contributed by atoms with van der Waals surface area (Å²) in [5.41, 5.74) is 0.646. The molecular weight excluding hydrogens is 280 g/mol. The summed E-state index contributed by atoms with van der Waals surface area (Å²) in [6.07, 6.45) is 5.54. The van der Waals surface area contributed by atoms with Crippen molar-refractivity contribution < 1.29 is 19.1 Å². The van der Waals surface area contributed by atoms with Crippen LogP contribution in [0, 0.1) is 5.41 Å². The number of hydrogen-bond acceptors (Lipinski definition) is 4. The number of ether oxygens (including phenoxy) is 2. The van der Waals surface area contributed by atoms with Crippen molar-refractivity contribution in [1.29, 1.82) is 0 Å². The first-order valence-corrected chi connectivity index (χ1v) is 7.71. The average Bonchev–Trinajstić information content (AvgIpc) is 2.82. The molecule has 114 valence electrons. The smallest absolute Gasteiger partial charge is 0.345 e. The lowest BCUT2D eigenvalue weighted by molar-refractivity contribution is -0.199. The minimum Gasteiger partial charge on any atom is -0.465 e. The molecular formula is C18H18O4. The molecule has 3 atom stereocenters. The maximum absolute atomic E-state index is 12.2. The fourth-order valence-corrected chi connectivity index (χ4v) is 4.69. The summed E-state index contributed by atoms with van der Waals surface area (Å²) >= 11 is 0. The van der Waals surface area contributed by atoms with E-state index >= 15 is 0 Å². The van der Waals surface area contributed by atoms with Gasteiger partial charge < -0.3 is 9.47 Å². The zero-order valence-electron chi connectivity index (χ0n) is 12.5. The van der Waals surface area contributed by atoms with Crippen LogP contribution in [0.3, 0.4) is 0 Å². The van der Waals surface area contributed by atoms with Gasteiger partial charge in [0.1, 0.15) is 11.2 Å². The first-order valence-electron chi connectivity index (χ1n) is 7.71. The van der Waals surface area contributed by atoms with Gasteiger partial charge in [-0.2, -0.15) is 0 Å². The molecule has 0 amide bonds. The van der Waals surface area contributed by atoms with E-state index in [-0.39, 0.29) is 11.0 Å². The molecule has 2 unspecified atom stereocenters. The van der Waals surface area contributed by atoms with Crippen molar-refractivity contribution in [1.82, 2.24) is 0 Å². The minimum atomic E-state index is -0.599. The standard InChI is InChI=1S/C18H18O4/c1-21-15(19)13-10-17-8-5-9-18(17,22-16(13)20)11-14(17)12-6-3-2-4-7-12/h2-4,6-7,10,14H,5,8-9,11H2,1H3/t14-,17?,18?/m0/s1. The van der Waals surface area contributed by atoms with Gasteiger partial charge in [-0.05, 0) is 31.2 Å². The SMILES string of the molecule is COC(=O)C1=CC23CCCC2(C[C@H]3c2ccccc2)OC1=O. The highest BCUT2D eigenvalue weighted by Gasteiger charge is 2.71. The summed E-state index contributed by atoms with van der Waals surface area (Å²) in [6, 6.07) is 10.3. The molecule has 0 radical (unpaired) electrons. The van der Waals surface area contributed by atoms with Gasteiger partial charge in [-0.15, -0.1) is 0 Å². The van der Waals surface area contributed by atoms with Crippen molar-refractivity contribution in [3.05, 3.63) is 47.5 Å². The molecule has 4 rings (SSSR count). The molecule has 1 aliphatic heterocycles. The van der Waals surface area contributed by atoms with Gasteiger partial charge in [-0.1, -0.05) is 36.4 Å². The van der Waals surface area contributed by atoms with Crippen LogP contribution in [0.4, 0.5) is 0 Å². The van der Waals surface area contributed by atoms with Crippen molar-refractivity contribution in [2.75, 3.05) is 7.11 Å². The van der Waals surface area contributed by atoms with Crippen molar-refractivity contribution in [3.63, 3.8) is 0 Å². The molecule has 0 N–H and O–H groups in total. The number of esters is 2. The van der Waals surface area contributed by atoms with Crippen LogP contribution >= 0.6 is 0 Å². The quantitative estimate of drug-likeness (QED) is 0.622. The van der Waals surface area contributed by atoms with E-state index in [0.29, 0.717) is 5.92 Å². The number of carbonyl (C=O) groups is 2. The number of hydrogen-bond donors (Lipinski definition) is 0. The molecule has 1 aromatic rings. The van der Waals surface area contributed by atoms with Crippen LogP contribution < -0.4 is 0 Å². The van der Waals surface area contributed by atoms with Crippen molar-refractivity contribution in [2.45, 2.75) is 37.2 Å². The topological polar surface area (TPSA) is 52.6 Å². The largest absolute Gasteiger partial charge is 0.465 e. The highest BCUT2D eigenvalue weighted by molar-refractivity contribution is 6.15. The molecule has 3 aliphatic rings. The van der Waals surface area contributed by atoms with Gasteiger partial charge in [0.05, 0.1) is 7.11 Å². The second kappa shape index (κ2) is 4.45. The van der Waals surface area contributed by atoms with Crippen molar-refractivity contribution >= 4 is 11.9 Å². The molecule has 2 saturated carbocycles. The van der Waals surface area contributed by atoms with Crippen molar-refractivity contribution in [3.8, 4) is 0 Å². The lowest BCUT2D eigenvalue weighted by atomic mass is 9.48. The fraction of sp³-hybridized carbons (Fsp3) is 0.444. The summed E-state index contributed by atoms with van der Waals surface area (Å²) in [5.74, 6) is -0.835. The summed E-state index contributed by atoms with van der Waals surface area (Å²) in [5, 5.41) is 0. The maximum Gasteiger partial charge on any atom is 0.345 e. The third-order valence-corrected chi connectivity index (χ3v) is 5.69. The summed E-state index contributed by atoms with van der Waals surface area (Å²) in [7, 11) is 1.29. The van der Waals surface area contributed by atoms with Gasteiger partial charge in [-0.3, -0.25) is 0 Å². The van der Waals surface area contributed by atoms with Gasteiger partial charge in [-0.25, -0.2) is 9.59 Å². The molecule has 4 heteroatoms. The van der Waals surface area contributed by atoms with Crippen LogP contribution in [-0.2, 0) is 19.1 Å². The van der Waals surface area contributed by atoms with Gasteiger partial charge >= 0.3 is 11.9 Å². The predicted octanol–water partition coefficient (Wildman–Crippen LogP) is 2.74. The van der Waals surface area contributed by atoms with Crippen LogP contribution in [0.5, 0.6) is 0 Å². The molecule has 4 nitrogen and oxygen atoms in total. The Hall–Kier alpha value is -2.10. The minimum absolute atomic E-state index is 0.0562. The molecule has 0 saturated heterocycles. The molecule has 22 heavy (non-hydrogen) atoms. The van der Waals surface area contributed by atoms with Crippen molar-refractivity contribution in [2.24, 2.45) is 5.41 Å². The van der Waals surface area contributed by atoms with E-state index in [4.69, 9.17) is 9.47 Å². The van der Waals surface area contributed by atoms with Crippen LogP contribution in [0.15, 0.2) is 42.0 Å². The summed E-state index contributed by atoms with van der Waals surface area (Å²) in [4.78, 5) is 24.1. The Morgan fingerprint density at radius 2 is 2.05 bits per heavy atom. The second-order valence-corrected chi connectivity index (χ2v) is 6.49. The predicted molar refractivity (Wildman–Crippen MR) is 79.0 cm³/mol. The second-order valence-electron chi connectivity index (χ2n) is 6.49. The Morgan fingerprint density at radius 1 is 1.27 bits per heavy atom. The highest BCUT2D eigenvalue weighted by Crippen LogP contribution is 2.71. The molecule has 2 fully saturated rings. The number of carbonyl (C=O) groups excluding carboxylic acids is 2. The third-order valence-electron chi connectivity index (χ3n) is 5.69. The van der Waals surface area contributed by atoms with E-state index in [1.807, 2.05) is 24.3 Å². The van der Waals surface area contributed by atoms with Crippen LogP contribution in [0.2, 0.25) is 0 Å². The highest BCUT2D eigenvalue weighted by atomic mass is 16.6. The van der Waals surface area contributed by atoms with Crippen LogP contribution in [0.1, 0.15) is 37.2 Å². The maximum atomic E-state index is 12.2. The molecule has 0 aromatic heterocycles. The van der Waals surface area contributed by atoms with Gasteiger partial charge in [0.15, 0.2) is 0 Å². The normalized spacial score (nSPS) is 35.6. The molecule has 1 heterocycles. The first kappa shape index (κ1) is 13.6. The number of benzene rings is 1. The van der Waals surface area contributed by atoms with Gasteiger partial charge in [0, 0.05) is 11.3 Å². The van der Waals surface area contributed by atoms with Gasteiger partial charge in [0.2, 0.25) is 0 Å². The van der Waals surface area contributed by atoms with E-state index in [9.17, 15) is 9.59 Å². The van der Waals surface area contributed by atoms with E-state index in [1.54, 1.807) is 0 Å². The fourth-order valence-electron chi connectivity index (χ4n) is 4.69. The Balaban J connectivity index is 1.81. The Morgan fingerprint density at radius 3 is 2.77 bits per heavy atom. The average molecular weight is 298 g/mol. The van der Waals surface area contributed by atoms with E-state index < -0.39 is 17.5 Å². The van der Waals surface area contributed by atoms with Gasteiger partial charge in [0.25, 0.3) is 0 Å². The zero-order chi connectivity index (χ0) is 15.4. The Labute approximate surface area is 129 Å². The van der Waals surface area contributed by atoms with Crippen LogP contribution in [0.25, 0.3) is 0 Å². The number of rotatable bonds is 2. The summed E-state index contributed by atoms with van der Waals surface area (Å²) < 4.78 is 10.5. The van der Waals surface area contributed by atoms with E-state index in [0.717, 1.165) is 25.7 Å². The first-order chi connectivity index (χ1) is 10.6. The van der Waals surface area contributed by atoms with E-state index in [2.05, 4.69) is 12.1 Å². The number of methoxy groups -OCH3 is 1. The Kier molecular flexibility index (Phi) is 2.74. The third kappa shape index (κ3) is 1.52. The summed E-state index contributed by atoms with van der Waals surface area (Å²) in [6.45, 7) is 0. The molecule has 0 bridgehead atoms. The Bertz CT molecular complexity index is 678. The van der Waals surface area contributed by atoms with E-state index in [1.165, 1.54) is 12.7 Å². The zero-order valence-corrected chi connectivity index (χ0v) is 12.5. The lowest BCUT2D eigenvalue weighted by Gasteiger charge is -2.60. The molecule has 2 aliphatic carbocycles.